The van der Waals surface area contributed by atoms with E-state index >= 15 is 4.79 Å². The number of likely N-dealkylation sites (tertiary alicyclic amines) is 1. The first kappa shape index (κ1) is 42.6. The average Bonchev–Trinajstić information content (AvgIpc) is 4.10. The molecule has 8 atom stereocenters. The van der Waals surface area contributed by atoms with Crippen LogP contribution in [0.3, 0.4) is 0 Å². The molecule has 0 unspecified atom stereocenters. The van der Waals surface area contributed by atoms with Crippen molar-refractivity contribution >= 4 is 35.8 Å². The summed E-state index contributed by atoms with van der Waals surface area (Å²) in [6, 6.07) is 3.72. The average molecular weight is 848 g/mol. The smallest absolute Gasteiger partial charge is 0.422 e. The van der Waals surface area contributed by atoms with Crippen molar-refractivity contribution in [2.24, 2.45) is 17.3 Å². The lowest BCUT2D eigenvalue weighted by atomic mass is 9.62. The molecule has 1 aromatic rings. The molecule has 0 radical (unpaired) electrons. The van der Waals surface area contributed by atoms with E-state index in [0.29, 0.717) is 24.0 Å². The van der Waals surface area contributed by atoms with Crippen LogP contribution in [0, 0.1) is 17.3 Å². The van der Waals surface area contributed by atoms with Gasteiger partial charge < -0.3 is 39.0 Å². The number of aliphatic hydroxyl groups is 1. The number of amides is 2. The predicted octanol–water partition coefficient (Wildman–Crippen LogP) is 3.50. The summed E-state index contributed by atoms with van der Waals surface area (Å²) in [6.45, 7) is 3.26. The Morgan fingerprint density at radius 3 is 2.43 bits per heavy atom. The van der Waals surface area contributed by atoms with Gasteiger partial charge in [-0.1, -0.05) is 24.3 Å². The lowest BCUT2D eigenvalue weighted by molar-refractivity contribution is -0.235. The lowest BCUT2D eigenvalue weighted by Gasteiger charge is -2.50. The molecular weight excluding hydrogens is 795 g/mol. The van der Waals surface area contributed by atoms with E-state index in [4.69, 9.17) is 23.8 Å². The Bertz CT molecular complexity index is 1880. The van der Waals surface area contributed by atoms with Gasteiger partial charge in [0.05, 0.1) is 19.2 Å². The number of rotatable bonds is 14. The second kappa shape index (κ2) is 16.0. The van der Waals surface area contributed by atoms with Crippen LogP contribution in [0.2, 0.25) is 0 Å². The second-order valence-electron chi connectivity index (χ2n) is 18.1. The predicted molar refractivity (Wildman–Crippen MR) is 200 cm³/mol. The summed E-state index contributed by atoms with van der Waals surface area (Å²) in [5, 5.41) is 14.4. The fourth-order valence-electron chi connectivity index (χ4n) is 9.73. The van der Waals surface area contributed by atoms with Crippen molar-refractivity contribution < 1.29 is 70.8 Å². The van der Waals surface area contributed by atoms with Crippen molar-refractivity contribution in [1.82, 2.24) is 15.3 Å². The van der Waals surface area contributed by atoms with E-state index < -0.39 is 108 Å². The maximum absolute atomic E-state index is 15.4. The Morgan fingerprint density at radius 2 is 1.77 bits per heavy atom. The van der Waals surface area contributed by atoms with Gasteiger partial charge in [0.25, 0.3) is 0 Å². The maximum Gasteiger partial charge on any atom is 0.422 e. The van der Waals surface area contributed by atoms with E-state index in [2.05, 4.69) is 10.1 Å². The molecule has 3 saturated carbocycles. The number of alkyl halides is 3. The zero-order chi connectivity index (χ0) is 42.8. The Balaban J connectivity index is 1.06. The molecule has 1 aromatic carbocycles. The number of fused-ring (bicyclic) bond motifs is 4. The van der Waals surface area contributed by atoms with Crippen molar-refractivity contribution in [3.05, 3.63) is 41.5 Å². The third-order valence-electron chi connectivity index (χ3n) is 12.5. The van der Waals surface area contributed by atoms with E-state index in [1.165, 1.54) is 16.0 Å². The van der Waals surface area contributed by atoms with Gasteiger partial charge in [-0.15, -0.1) is 0 Å². The fourth-order valence-corrected chi connectivity index (χ4v) is 9.73. The van der Waals surface area contributed by atoms with Gasteiger partial charge in [-0.2, -0.15) is 18.2 Å². The van der Waals surface area contributed by atoms with Crippen LogP contribution in [0.4, 0.5) is 13.2 Å². The number of hydrogen-bond acceptors (Lipinski definition) is 13. The van der Waals surface area contributed by atoms with E-state index in [1.54, 1.807) is 45.0 Å². The monoisotopic (exact) mass is 847 g/mol. The molecule has 2 N–H and O–H groups in total. The van der Waals surface area contributed by atoms with Gasteiger partial charge in [0.1, 0.15) is 41.5 Å². The number of hydroxylamine groups is 2. The number of benzene rings is 1. The minimum atomic E-state index is -4.67. The molecule has 4 saturated heterocycles. The van der Waals surface area contributed by atoms with E-state index in [0.717, 1.165) is 31.8 Å². The number of carbonyl (C=O) groups is 5. The summed E-state index contributed by atoms with van der Waals surface area (Å²) in [7, 11) is 0. The van der Waals surface area contributed by atoms with Crippen LogP contribution in [-0.2, 0) is 59.0 Å². The Kier molecular flexibility index (Phi) is 11.3. The second-order valence-corrected chi connectivity index (χ2v) is 18.1. The van der Waals surface area contributed by atoms with Crippen LogP contribution >= 0.6 is 0 Å². The van der Waals surface area contributed by atoms with Gasteiger partial charge in [0, 0.05) is 37.3 Å². The molecular formula is C42H52F3N3O12. The third kappa shape index (κ3) is 8.41. The van der Waals surface area contributed by atoms with Crippen LogP contribution in [-0.4, -0.2) is 125 Å². The number of nitrogens with zero attached hydrogens (tertiary/aromatic N) is 2. The number of ether oxygens (including phenoxy) is 5. The van der Waals surface area contributed by atoms with Crippen molar-refractivity contribution in [1.29, 1.82) is 0 Å². The molecule has 7 fully saturated rings. The zero-order valence-electron chi connectivity index (χ0n) is 33.8. The molecule has 60 heavy (non-hydrogen) atoms. The van der Waals surface area contributed by atoms with Crippen LogP contribution < -0.4 is 5.32 Å². The first-order chi connectivity index (χ1) is 28.4. The van der Waals surface area contributed by atoms with Crippen molar-refractivity contribution in [2.45, 2.75) is 145 Å². The van der Waals surface area contributed by atoms with E-state index in [9.17, 15) is 37.5 Å². The largest absolute Gasteiger partial charge is 0.460 e. The van der Waals surface area contributed by atoms with E-state index in [1.807, 2.05) is 0 Å². The highest BCUT2D eigenvalue weighted by atomic mass is 19.4. The summed E-state index contributed by atoms with van der Waals surface area (Å²) in [6.07, 6.45) is -1.14. The highest BCUT2D eigenvalue weighted by Gasteiger charge is 2.78. The topological polar surface area (TPSA) is 179 Å². The molecule has 3 aliphatic carbocycles. The summed E-state index contributed by atoms with van der Waals surface area (Å²) >= 11 is 0. The minimum Gasteiger partial charge on any atom is -0.460 e. The molecule has 2 bridgehead atoms. The molecule has 2 amide bonds. The number of aliphatic hydroxyl groups excluding tert-OH is 1. The number of hydrogen-bond donors (Lipinski definition) is 2. The zero-order valence-corrected chi connectivity index (χ0v) is 33.8. The first-order valence-electron chi connectivity index (χ1n) is 20.8. The molecule has 4 aliphatic heterocycles. The highest BCUT2D eigenvalue weighted by molar-refractivity contribution is 5.96. The fraction of sp³-hybridized carbons (Fsp3) is 0.690. The quantitative estimate of drug-likeness (QED) is 0.158. The molecule has 0 spiro atoms. The summed E-state index contributed by atoms with van der Waals surface area (Å²) in [5.41, 5.74) is -1.21. The van der Waals surface area contributed by atoms with Crippen molar-refractivity contribution in [3.8, 4) is 0 Å². The van der Waals surface area contributed by atoms with Crippen molar-refractivity contribution in [3.63, 3.8) is 0 Å². The molecule has 8 rings (SSSR count). The lowest BCUT2D eigenvalue weighted by Crippen LogP contribution is -2.70. The van der Waals surface area contributed by atoms with Gasteiger partial charge in [0.2, 0.25) is 11.8 Å². The van der Waals surface area contributed by atoms with Gasteiger partial charge >= 0.3 is 24.1 Å². The molecule has 4 heterocycles. The summed E-state index contributed by atoms with van der Waals surface area (Å²) < 4.78 is 67.2. The van der Waals surface area contributed by atoms with Crippen LogP contribution in [0.25, 0.3) is 6.08 Å². The molecule has 328 valence electrons. The number of halogens is 3. The normalized spacial score (nSPS) is 31.4. The van der Waals surface area contributed by atoms with Crippen LogP contribution in [0.1, 0.15) is 89.7 Å². The van der Waals surface area contributed by atoms with Gasteiger partial charge in [-0.05, 0) is 82.9 Å². The van der Waals surface area contributed by atoms with Gasteiger partial charge in [-0.25, -0.2) is 4.79 Å². The Morgan fingerprint density at radius 1 is 1.05 bits per heavy atom. The van der Waals surface area contributed by atoms with E-state index in [-0.39, 0.29) is 44.2 Å². The van der Waals surface area contributed by atoms with Crippen LogP contribution in [0.5, 0.6) is 0 Å². The summed E-state index contributed by atoms with van der Waals surface area (Å²) in [4.78, 5) is 76.3. The Labute approximate surface area is 345 Å². The van der Waals surface area contributed by atoms with Crippen LogP contribution in [0.15, 0.2) is 30.3 Å². The first-order valence-corrected chi connectivity index (χ1v) is 20.8. The third-order valence-corrected chi connectivity index (χ3v) is 12.5. The maximum atomic E-state index is 15.4. The summed E-state index contributed by atoms with van der Waals surface area (Å²) in [5.74, 6) is -3.85. The van der Waals surface area contributed by atoms with Gasteiger partial charge in [0.15, 0.2) is 18.4 Å². The molecule has 0 aromatic heterocycles. The SMILES string of the molecule is CC(C)(C)OC(=O)CC[C@@H](CO)NC(=O)[C@H]1CCCN1C(=O)[C@@]12C[C@H]3OC(=O)[C@@H]1N(Cc1cccc(C=CC(=O)OCC(F)(F)F)c1)O[C@@H]2[C@H]1OC(C2CC2)(C2CC2)O[C@H]13. The number of carbonyl (C=O) groups excluding carboxylic acids is 5. The number of esters is 3. The Hall–Kier alpha value is -4.10. The standard InChI is InChI=1S/C42H52F3N3O12/c1-39(2,3)57-31(51)16-14-27(21-49)46-36(52)28-8-5-17-47(28)38(54)40-19-29-32-33(59-42(58-32,25-10-11-25)26-12-13-26)35(40)60-48(34(40)37(53)56-29)20-24-7-4-6-23(18-24)9-15-30(50)55-22-41(43,44)45/h4,6-7,9,15,18,25-29,32-35,49H,5,8,10-14,16-17,19-22H2,1-3H3,(H,46,52)/t27-,28+,29+,32-,33-,34-,35+,40-/m0/s1. The van der Waals surface area contributed by atoms with Crippen molar-refractivity contribution in [2.75, 3.05) is 19.8 Å². The highest BCUT2D eigenvalue weighted by Crippen LogP contribution is 2.64. The molecule has 7 aliphatic rings. The number of nitrogens with one attached hydrogen (secondary N) is 1. The minimum absolute atomic E-state index is 0.0372. The molecule has 18 heteroatoms. The molecule has 15 nitrogen and oxygen atoms in total. The van der Waals surface area contributed by atoms with Gasteiger partial charge in [-0.3, -0.25) is 24.0 Å².